The molecular weight excluding hydrogens is 184 g/mol. The van der Waals surface area contributed by atoms with E-state index in [4.69, 9.17) is 0 Å². The number of hydrogen-bond donors (Lipinski definition) is 1. The van der Waals surface area contributed by atoms with E-state index in [1.165, 1.54) is 50.6 Å². The van der Waals surface area contributed by atoms with Crippen molar-refractivity contribution in [3.05, 3.63) is 18.0 Å². The lowest BCUT2D eigenvalue weighted by Crippen LogP contribution is -1.94. The minimum Gasteiger partial charge on any atom is -0.282 e. The van der Waals surface area contributed by atoms with E-state index in [0.717, 1.165) is 0 Å². The minimum atomic E-state index is 0.638. The van der Waals surface area contributed by atoms with Crippen LogP contribution in [0.3, 0.4) is 0 Å². The van der Waals surface area contributed by atoms with Crippen LogP contribution in [0.15, 0.2) is 12.3 Å². The molecule has 0 fully saturated rings. The highest BCUT2D eigenvalue weighted by Gasteiger charge is 2.05. The summed E-state index contributed by atoms with van der Waals surface area (Å²) in [5.41, 5.74) is 1.28. The van der Waals surface area contributed by atoms with E-state index >= 15 is 0 Å². The molecule has 1 atom stereocenters. The molecule has 0 spiro atoms. The van der Waals surface area contributed by atoms with Crippen LogP contribution in [0, 0.1) is 0 Å². The first-order chi connectivity index (χ1) is 7.34. The van der Waals surface area contributed by atoms with Gasteiger partial charge in [-0.1, -0.05) is 52.4 Å². The smallest absolute Gasteiger partial charge is 0.0490 e. The van der Waals surface area contributed by atoms with Crippen molar-refractivity contribution in [2.24, 2.45) is 0 Å². The molecule has 0 amide bonds. The minimum absolute atomic E-state index is 0.638. The van der Waals surface area contributed by atoms with Crippen molar-refractivity contribution in [1.82, 2.24) is 10.2 Å². The van der Waals surface area contributed by atoms with Gasteiger partial charge in [-0.25, -0.2) is 0 Å². The van der Waals surface area contributed by atoms with Crippen LogP contribution in [0.2, 0.25) is 0 Å². The third kappa shape index (κ3) is 5.01. The highest BCUT2D eigenvalue weighted by atomic mass is 15.1. The fourth-order valence-corrected chi connectivity index (χ4v) is 1.93. The first kappa shape index (κ1) is 12.3. The van der Waals surface area contributed by atoms with Gasteiger partial charge in [-0.15, -0.1) is 0 Å². The van der Waals surface area contributed by atoms with Gasteiger partial charge in [0.2, 0.25) is 0 Å². The molecule has 86 valence electrons. The van der Waals surface area contributed by atoms with E-state index in [0.29, 0.717) is 5.92 Å². The molecule has 2 heteroatoms. The van der Waals surface area contributed by atoms with Gasteiger partial charge in [0.15, 0.2) is 0 Å². The van der Waals surface area contributed by atoms with E-state index in [1.54, 1.807) is 0 Å². The third-order valence-electron chi connectivity index (χ3n) is 3.04. The molecule has 0 aliphatic rings. The first-order valence-electron chi connectivity index (χ1n) is 6.34. The van der Waals surface area contributed by atoms with Crippen LogP contribution in [0.25, 0.3) is 0 Å². The Morgan fingerprint density at radius 1 is 1.20 bits per heavy atom. The number of aromatic amines is 1. The predicted molar refractivity (Wildman–Crippen MR) is 65.0 cm³/mol. The Morgan fingerprint density at radius 3 is 2.60 bits per heavy atom. The van der Waals surface area contributed by atoms with Crippen molar-refractivity contribution in [2.75, 3.05) is 0 Å². The van der Waals surface area contributed by atoms with Gasteiger partial charge in [-0.3, -0.25) is 5.10 Å². The van der Waals surface area contributed by atoms with Crippen molar-refractivity contribution in [3.63, 3.8) is 0 Å². The van der Waals surface area contributed by atoms with Crippen LogP contribution in [0.1, 0.15) is 70.4 Å². The summed E-state index contributed by atoms with van der Waals surface area (Å²) in [6, 6.07) is 2.09. The largest absolute Gasteiger partial charge is 0.282 e. The molecular formula is C13H24N2. The van der Waals surface area contributed by atoms with Gasteiger partial charge in [0.25, 0.3) is 0 Å². The monoisotopic (exact) mass is 208 g/mol. The zero-order chi connectivity index (χ0) is 10.9. The van der Waals surface area contributed by atoms with Crippen molar-refractivity contribution in [2.45, 2.75) is 64.7 Å². The van der Waals surface area contributed by atoms with Crippen molar-refractivity contribution in [3.8, 4) is 0 Å². The Balaban J connectivity index is 2.00. The topological polar surface area (TPSA) is 28.7 Å². The van der Waals surface area contributed by atoms with Crippen LogP contribution in [0.5, 0.6) is 0 Å². The maximum atomic E-state index is 3.99. The zero-order valence-electron chi connectivity index (χ0n) is 10.1. The Hall–Kier alpha value is -0.790. The number of unbranched alkanes of at least 4 members (excludes halogenated alkanes) is 5. The number of aromatic nitrogens is 2. The quantitative estimate of drug-likeness (QED) is 0.635. The van der Waals surface area contributed by atoms with Crippen LogP contribution in [-0.2, 0) is 0 Å². The average molecular weight is 208 g/mol. The van der Waals surface area contributed by atoms with Crippen molar-refractivity contribution >= 4 is 0 Å². The summed E-state index contributed by atoms with van der Waals surface area (Å²) in [6.45, 7) is 4.54. The Bertz CT molecular complexity index is 229. The molecule has 1 aromatic rings. The molecule has 1 N–H and O–H groups in total. The van der Waals surface area contributed by atoms with E-state index in [2.05, 4.69) is 30.1 Å². The molecule has 0 aliphatic carbocycles. The van der Waals surface area contributed by atoms with E-state index < -0.39 is 0 Å². The molecule has 0 saturated carbocycles. The van der Waals surface area contributed by atoms with Gasteiger partial charge < -0.3 is 0 Å². The molecule has 0 bridgehead atoms. The van der Waals surface area contributed by atoms with Crippen LogP contribution in [0.4, 0.5) is 0 Å². The van der Waals surface area contributed by atoms with Gasteiger partial charge in [0.1, 0.15) is 0 Å². The van der Waals surface area contributed by atoms with Crippen molar-refractivity contribution < 1.29 is 0 Å². The summed E-state index contributed by atoms with van der Waals surface area (Å²) in [7, 11) is 0. The lowest BCUT2D eigenvalue weighted by Gasteiger charge is -2.08. The van der Waals surface area contributed by atoms with E-state index in [-0.39, 0.29) is 0 Å². The lowest BCUT2D eigenvalue weighted by molar-refractivity contribution is 0.551. The number of nitrogens with one attached hydrogen (secondary N) is 1. The molecule has 1 unspecified atom stereocenters. The van der Waals surface area contributed by atoms with Gasteiger partial charge in [-0.2, -0.15) is 5.10 Å². The maximum Gasteiger partial charge on any atom is 0.0490 e. The van der Waals surface area contributed by atoms with Gasteiger partial charge in [0, 0.05) is 11.9 Å². The first-order valence-corrected chi connectivity index (χ1v) is 6.34. The Kier molecular flexibility index (Phi) is 6.14. The van der Waals surface area contributed by atoms with E-state index in [9.17, 15) is 0 Å². The summed E-state index contributed by atoms with van der Waals surface area (Å²) in [5.74, 6) is 0.638. The Morgan fingerprint density at radius 2 is 1.93 bits per heavy atom. The predicted octanol–water partition coefficient (Wildman–Crippen LogP) is 4.26. The fraction of sp³-hybridized carbons (Fsp3) is 0.769. The SMILES string of the molecule is CCCCCCCCC(C)c1ccn[nH]1. The molecule has 0 saturated heterocycles. The van der Waals surface area contributed by atoms with Gasteiger partial charge >= 0.3 is 0 Å². The maximum absolute atomic E-state index is 3.99. The second-order valence-corrected chi connectivity index (χ2v) is 4.47. The molecule has 1 heterocycles. The van der Waals surface area contributed by atoms with Crippen LogP contribution in [-0.4, -0.2) is 10.2 Å². The molecule has 0 aliphatic heterocycles. The van der Waals surface area contributed by atoms with Gasteiger partial charge in [0.05, 0.1) is 0 Å². The summed E-state index contributed by atoms with van der Waals surface area (Å²) >= 11 is 0. The summed E-state index contributed by atoms with van der Waals surface area (Å²) in [5, 5.41) is 7.04. The third-order valence-corrected chi connectivity index (χ3v) is 3.04. The second kappa shape index (κ2) is 7.49. The number of nitrogens with zero attached hydrogens (tertiary/aromatic N) is 1. The number of H-pyrrole nitrogens is 1. The molecule has 0 radical (unpaired) electrons. The van der Waals surface area contributed by atoms with E-state index in [1.807, 2.05) is 6.20 Å². The molecule has 0 aromatic carbocycles. The standard InChI is InChI=1S/C13H24N2/c1-3-4-5-6-7-8-9-12(2)13-10-11-14-15-13/h10-12H,3-9H2,1-2H3,(H,14,15). The lowest BCUT2D eigenvalue weighted by atomic mass is 9.99. The second-order valence-electron chi connectivity index (χ2n) is 4.47. The normalized spacial score (nSPS) is 12.9. The highest BCUT2D eigenvalue weighted by molar-refractivity contribution is 5.03. The summed E-state index contributed by atoms with van der Waals surface area (Å²) < 4.78 is 0. The molecule has 1 rings (SSSR count). The number of rotatable bonds is 8. The molecule has 2 nitrogen and oxygen atoms in total. The van der Waals surface area contributed by atoms with Gasteiger partial charge in [-0.05, 0) is 18.4 Å². The summed E-state index contributed by atoms with van der Waals surface area (Å²) in [4.78, 5) is 0. The molecule has 1 aromatic heterocycles. The summed E-state index contributed by atoms with van der Waals surface area (Å²) in [6.07, 6.45) is 11.4. The van der Waals surface area contributed by atoms with Crippen molar-refractivity contribution in [1.29, 1.82) is 0 Å². The van der Waals surface area contributed by atoms with Crippen LogP contribution >= 0.6 is 0 Å². The Labute approximate surface area is 93.5 Å². The van der Waals surface area contributed by atoms with Crippen LogP contribution < -0.4 is 0 Å². The zero-order valence-corrected chi connectivity index (χ0v) is 10.1. The highest BCUT2D eigenvalue weighted by Crippen LogP contribution is 2.19. The average Bonchev–Trinajstić information content (AvgIpc) is 2.76. The fourth-order valence-electron chi connectivity index (χ4n) is 1.93. The number of hydrogen-bond acceptors (Lipinski definition) is 1. The molecule has 15 heavy (non-hydrogen) atoms.